The van der Waals surface area contributed by atoms with Crippen LogP contribution in [0.4, 0.5) is 8.78 Å². The Bertz CT molecular complexity index is 770. The average molecular weight is 291 g/mol. The van der Waals surface area contributed by atoms with E-state index in [2.05, 4.69) is 11.1 Å². The van der Waals surface area contributed by atoms with Crippen molar-refractivity contribution in [2.75, 3.05) is 0 Å². The van der Waals surface area contributed by atoms with Gasteiger partial charge in [-0.15, -0.1) is 0 Å². The molecule has 1 N–H and O–H groups in total. The van der Waals surface area contributed by atoms with E-state index >= 15 is 0 Å². The summed E-state index contributed by atoms with van der Waals surface area (Å²) in [4.78, 5) is 2.85. The molecule has 6 heteroatoms. The van der Waals surface area contributed by atoms with Crippen LogP contribution in [0.25, 0.3) is 0 Å². The van der Waals surface area contributed by atoms with Crippen LogP contribution in [0.3, 0.4) is 0 Å². The predicted octanol–water partition coefficient (Wildman–Crippen LogP) is 3.43. The van der Waals surface area contributed by atoms with Crippen LogP contribution >= 0.6 is 12.2 Å². The van der Waals surface area contributed by atoms with Crippen LogP contribution < -0.4 is 0 Å². The second kappa shape index (κ2) is 4.84. The zero-order valence-corrected chi connectivity index (χ0v) is 11.3. The van der Waals surface area contributed by atoms with Crippen molar-refractivity contribution in [2.24, 2.45) is 0 Å². The number of fused-ring (bicyclic) bond motifs is 1. The van der Waals surface area contributed by atoms with E-state index in [4.69, 9.17) is 17.5 Å². The molecule has 1 atom stereocenters. The molecule has 3 rings (SSSR count). The molecule has 1 heterocycles. The number of nitrogens with zero attached hydrogens (tertiary/aromatic N) is 2. The highest BCUT2D eigenvalue weighted by Gasteiger charge is 2.24. The maximum Gasteiger partial charge on any atom is 0.178 e. The fraction of sp³-hybridized carbons (Fsp3) is 0.286. The topological polar surface area (TPSA) is 44.5 Å². The molecular formula is C14H11F2N3S. The molecule has 2 aromatic rings. The Morgan fingerprint density at radius 3 is 2.70 bits per heavy atom. The molecule has 3 nitrogen and oxygen atoms in total. The van der Waals surface area contributed by atoms with Gasteiger partial charge in [0, 0.05) is 12.2 Å². The molecule has 0 fully saturated rings. The Hall–Kier alpha value is -2.00. The number of hydrogen-bond acceptors (Lipinski definition) is 2. The number of H-pyrrole nitrogens is 1. The molecule has 0 saturated carbocycles. The number of benzene rings is 1. The molecule has 0 radical (unpaired) electrons. The van der Waals surface area contributed by atoms with Crippen molar-refractivity contribution >= 4 is 12.2 Å². The highest BCUT2D eigenvalue weighted by Crippen LogP contribution is 2.31. The number of aromatic amines is 1. The maximum absolute atomic E-state index is 13.3. The van der Waals surface area contributed by atoms with Gasteiger partial charge in [0.15, 0.2) is 16.4 Å². The van der Waals surface area contributed by atoms with Gasteiger partial charge in [0.25, 0.3) is 0 Å². The summed E-state index contributed by atoms with van der Waals surface area (Å²) in [6.45, 7) is 0. The van der Waals surface area contributed by atoms with Gasteiger partial charge >= 0.3 is 0 Å². The van der Waals surface area contributed by atoms with Crippen LogP contribution in [0.15, 0.2) is 18.3 Å². The van der Waals surface area contributed by atoms with Gasteiger partial charge in [0.1, 0.15) is 11.8 Å². The maximum atomic E-state index is 13.3. The first-order valence-corrected chi connectivity index (χ1v) is 6.68. The largest absolute Gasteiger partial charge is 0.336 e. The summed E-state index contributed by atoms with van der Waals surface area (Å²) in [5.74, 6) is -1.64. The summed E-state index contributed by atoms with van der Waals surface area (Å²) in [6.07, 6.45) is 3.52. The third-order valence-electron chi connectivity index (χ3n) is 3.74. The lowest BCUT2D eigenvalue weighted by atomic mass is 9.88. The van der Waals surface area contributed by atoms with Crippen LogP contribution in [-0.2, 0) is 12.8 Å². The van der Waals surface area contributed by atoms with E-state index in [9.17, 15) is 8.78 Å². The summed E-state index contributed by atoms with van der Waals surface area (Å²) in [7, 11) is 0. The van der Waals surface area contributed by atoms with Gasteiger partial charge in [0.05, 0.1) is 0 Å². The van der Waals surface area contributed by atoms with Crippen LogP contribution in [0.5, 0.6) is 0 Å². The number of rotatable bonds is 1. The quantitative estimate of drug-likeness (QED) is 0.818. The molecule has 102 valence electrons. The number of nitriles is 1. The van der Waals surface area contributed by atoms with Crippen molar-refractivity contribution < 1.29 is 8.78 Å². The van der Waals surface area contributed by atoms with Gasteiger partial charge in [-0.25, -0.2) is 8.78 Å². The molecular weight excluding hydrogens is 280 g/mol. The minimum atomic E-state index is -0.831. The van der Waals surface area contributed by atoms with E-state index in [1.165, 1.54) is 12.1 Å². The standard InChI is InChI=1S/C14H11F2N3S/c15-12-4-8-1-2-10(3-9(8)5-13(12)16)19-11(6-17)7-18-14(19)20/h4-5,7,10H,1-3H2,(H,18,20)/t10-/m0/s1. The van der Waals surface area contributed by atoms with Gasteiger partial charge in [-0.3, -0.25) is 0 Å². The van der Waals surface area contributed by atoms with Crippen LogP contribution in [0.2, 0.25) is 0 Å². The Morgan fingerprint density at radius 1 is 1.30 bits per heavy atom. The van der Waals surface area contributed by atoms with Gasteiger partial charge in [0.2, 0.25) is 0 Å². The van der Waals surface area contributed by atoms with E-state index in [1.54, 1.807) is 10.8 Å². The molecule has 1 aromatic carbocycles. The Kier molecular flexibility index (Phi) is 3.14. The highest BCUT2D eigenvalue weighted by atomic mass is 32.1. The summed E-state index contributed by atoms with van der Waals surface area (Å²) in [6, 6.07) is 4.61. The van der Waals surface area contributed by atoms with Crippen LogP contribution in [0.1, 0.15) is 29.3 Å². The molecule has 20 heavy (non-hydrogen) atoms. The van der Waals surface area contributed by atoms with E-state index < -0.39 is 11.6 Å². The number of aryl methyl sites for hydroxylation is 1. The minimum Gasteiger partial charge on any atom is -0.336 e. The highest BCUT2D eigenvalue weighted by molar-refractivity contribution is 7.71. The smallest absolute Gasteiger partial charge is 0.178 e. The van der Waals surface area contributed by atoms with Crippen LogP contribution in [0, 0.1) is 27.7 Å². The Labute approximate surface area is 119 Å². The monoisotopic (exact) mass is 291 g/mol. The lowest BCUT2D eigenvalue weighted by Crippen LogP contribution is -2.20. The molecule has 0 spiro atoms. The Balaban J connectivity index is 2.00. The number of hydrogen-bond donors (Lipinski definition) is 1. The Morgan fingerprint density at radius 2 is 2.00 bits per heavy atom. The van der Waals surface area contributed by atoms with Crippen molar-refractivity contribution in [3.05, 3.63) is 51.6 Å². The van der Waals surface area contributed by atoms with Crippen molar-refractivity contribution in [3.8, 4) is 6.07 Å². The lowest BCUT2D eigenvalue weighted by molar-refractivity contribution is 0.428. The van der Waals surface area contributed by atoms with Crippen molar-refractivity contribution in [1.82, 2.24) is 9.55 Å². The third-order valence-corrected chi connectivity index (χ3v) is 4.05. The second-order valence-electron chi connectivity index (χ2n) is 4.89. The van der Waals surface area contributed by atoms with E-state index in [1.807, 2.05) is 0 Å². The van der Waals surface area contributed by atoms with Crippen molar-refractivity contribution in [2.45, 2.75) is 25.3 Å². The molecule has 0 unspecified atom stereocenters. The fourth-order valence-corrected chi connectivity index (χ4v) is 3.08. The zero-order chi connectivity index (χ0) is 14.3. The normalized spacial score (nSPS) is 17.6. The summed E-state index contributed by atoms with van der Waals surface area (Å²) in [5, 5.41) is 9.09. The first-order valence-electron chi connectivity index (χ1n) is 6.27. The van der Waals surface area contributed by atoms with Crippen LogP contribution in [-0.4, -0.2) is 9.55 Å². The molecule has 0 amide bonds. The number of imidazole rings is 1. The summed E-state index contributed by atoms with van der Waals surface area (Å²) >= 11 is 5.19. The van der Waals surface area contributed by atoms with Gasteiger partial charge < -0.3 is 9.55 Å². The second-order valence-corrected chi connectivity index (χ2v) is 5.28. The molecule has 1 aromatic heterocycles. The third kappa shape index (κ3) is 2.04. The first-order chi connectivity index (χ1) is 9.60. The predicted molar refractivity (Wildman–Crippen MR) is 71.8 cm³/mol. The van der Waals surface area contributed by atoms with Gasteiger partial charge in [-0.2, -0.15) is 5.26 Å². The zero-order valence-electron chi connectivity index (χ0n) is 10.5. The average Bonchev–Trinajstić information content (AvgIpc) is 2.81. The molecule has 0 saturated heterocycles. The molecule has 1 aliphatic rings. The lowest BCUT2D eigenvalue weighted by Gasteiger charge is -2.26. The summed E-state index contributed by atoms with van der Waals surface area (Å²) in [5.41, 5.74) is 2.08. The molecule has 0 bridgehead atoms. The van der Waals surface area contributed by atoms with E-state index in [0.29, 0.717) is 23.3 Å². The van der Waals surface area contributed by atoms with E-state index in [0.717, 1.165) is 17.5 Å². The fourth-order valence-electron chi connectivity index (χ4n) is 2.78. The number of nitrogens with one attached hydrogen (secondary N) is 1. The van der Waals surface area contributed by atoms with Crippen molar-refractivity contribution in [1.29, 1.82) is 5.26 Å². The van der Waals surface area contributed by atoms with E-state index in [-0.39, 0.29) is 6.04 Å². The molecule has 0 aliphatic heterocycles. The SMILES string of the molecule is N#Cc1c[nH]c(=S)n1[C@H]1CCc2cc(F)c(F)cc2C1. The minimum absolute atomic E-state index is 0.000705. The van der Waals surface area contributed by atoms with Crippen molar-refractivity contribution in [3.63, 3.8) is 0 Å². The first kappa shape index (κ1) is 13.0. The molecule has 1 aliphatic carbocycles. The number of aromatic nitrogens is 2. The van der Waals surface area contributed by atoms with Gasteiger partial charge in [-0.05, 0) is 54.7 Å². The van der Waals surface area contributed by atoms with Gasteiger partial charge in [-0.1, -0.05) is 0 Å². The summed E-state index contributed by atoms with van der Waals surface area (Å²) < 4.78 is 28.8. The number of halogens is 2.